The van der Waals surface area contributed by atoms with Crippen LogP contribution in [0.25, 0.3) is 0 Å². The van der Waals surface area contributed by atoms with Crippen molar-refractivity contribution in [2.24, 2.45) is 0 Å². The summed E-state index contributed by atoms with van der Waals surface area (Å²) in [6.45, 7) is 5.93. The summed E-state index contributed by atoms with van der Waals surface area (Å²) in [5.41, 5.74) is 0.0250. The minimum absolute atomic E-state index is 0.344. The predicted octanol–water partition coefficient (Wildman–Crippen LogP) is 4.71. The third kappa shape index (κ3) is 6.43. The minimum atomic E-state index is -0.503. The number of rotatable bonds is 5. The first-order valence-electron chi connectivity index (χ1n) is 7.68. The molecular weight excluding hydrogens is 358 g/mol. The Morgan fingerprint density at radius 1 is 1.12 bits per heavy atom. The van der Waals surface area contributed by atoms with Crippen LogP contribution in [0.15, 0.2) is 45.5 Å². The molecule has 25 heavy (non-hydrogen) atoms. The largest absolute Gasteiger partial charge is 0.465 e. The molecule has 0 spiro atoms. The maximum atomic E-state index is 11.7. The summed E-state index contributed by atoms with van der Waals surface area (Å²) >= 11 is 3.21. The molecule has 1 aromatic heterocycles. The number of hydrogen-bond donors (Lipinski definition) is 1. The zero-order valence-corrected chi connectivity index (χ0v) is 16.3. The molecule has 1 aromatic carbocycles. The first-order chi connectivity index (χ1) is 11.8. The zero-order chi connectivity index (χ0) is 18.4. The highest BCUT2D eigenvalue weighted by atomic mass is 32.2. The van der Waals surface area contributed by atoms with Crippen molar-refractivity contribution in [3.8, 4) is 0 Å². The second-order valence-electron chi connectivity index (χ2n) is 6.19. The van der Waals surface area contributed by atoms with Gasteiger partial charge in [-0.05, 0) is 57.2 Å². The van der Waals surface area contributed by atoms with Gasteiger partial charge in [-0.15, -0.1) is 11.3 Å². The van der Waals surface area contributed by atoms with Crippen LogP contribution >= 0.6 is 23.1 Å². The molecule has 5 nitrogen and oxygen atoms in total. The Balaban J connectivity index is 1.89. The molecule has 0 bridgehead atoms. The number of esters is 1. The molecule has 134 valence electrons. The molecule has 2 rings (SSSR count). The lowest BCUT2D eigenvalue weighted by Gasteiger charge is -2.19. The van der Waals surface area contributed by atoms with Crippen molar-refractivity contribution in [3.63, 3.8) is 0 Å². The van der Waals surface area contributed by atoms with Gasteiger partial charge >= 0.3 is 12.1 Å². The first-order valence-corrected chi connectivity index (χ1v) is 9.32. The molecule has 0 unspecified atom stereocenters. The van der Waals surface area contributed by atoms with Crippen molar-refractivity contribution in [1.29, 1.82) is 0 Å². The van der Waals surface area contributed by atoms with E-state index in [9.17, 15) is 9.59 Å². The van der Waals surface area contributed by atoms with Gasteiger partial charge in [-0.3, -0.25) is 0 Å². The average Bonchev–Trinajstić information content (AvgIpc) is 2.99. The molecule has 0 aliphatic carbocycles. The van der Waals surface area contributed by atoms with Gasteiger partial charge in [-0.25, -0.2) is 9.59 Å². The normalized spacial score (nSPS) is 11.0. The third-order valence-corrected chi connectivity index (χ3v) is 5.16. The van der Waals surface area contributed by atoms with Crippen molar-refractivity contribution in [1.82, 2.24) is 5.32 Å². The van der Waals surface area contributed by atoms with Crippen LogP contribution in [-0.4, -0.2) is 24.8 Å². The number of amides is 1. The van der Waals surface area contributed by atoms with E-state index >= 15 is 0 Å². The summed E-state index contributed by atoms with van der Waals surface area (Å²) < 4.78 is 11.0. The molecule has 0 fully saturated rings. The SMILES string of the molecule is COC(=O)c1ccc(Sc2ccc(CNC(=O)OC(C)(C)C)s2)cc1. The fourth-order valence-corrected chi connectivity index (χ4v) is 3.97. The number of carbonyl (C=O) groups excluding carboxylic acids is 2. The van der Waals surface area contributed by atoms with Crippen LogP contribution in [0.1, 0.15) is 36.0 Å². The monoisotopic (exact) mass is 379 g/mol. The zero-order valence-electron chi connectivity index (χ0n) is 14.6. The number of thiophene rings is 1. The Hall–Kier alpha value is -1.99. The summed E-state index contributed by atoms with van der Waals surface area (Å²) in [6, 6.07) is 11.2. The Morgan fingerprint density at radius 3 is 2.40 bits per heavy atom. The maximum Gasteiger partial charge on any atom is 0.407 e. The van der Waals surface area contributed by atoms with Crippen LogP contribution in [0.3, 0.4) is 0 Å². The molecule has 7 heteroatoms. The number of ether oxygens (including phenoxy) is 2. The molecule has 0 atom stereocenters. The Labute approximate surface area is 155 Å². The Morgan fingerprint density at radius 2 is 1.80 bits per heavy atom. The lowest BCUT2D eigenvalue weighted by Crippen LogP contribution is -2.31. The van der Waals surface area contributed by atoms with Crippen LogP contribution in [0.2, 0.25) is 0 Å². The van der Waals surface area contributed by atoms with E-state index in [0.29, 0.717) is 12.1 Å². The van der Waals surface area contributed by atoms with Crippen LogP contribution in [0.5, 0.6) is 0 Å². The van der Waals surface area contributed by atoms with E-state index in [-0.39, 0.29) is 5.97 Å². The average molecular weight is 380 g/mol. The topological polar surface area (TPSA) is 64.6 Å². The number of hydrogen-bond acceptors (Lipinski definition) is 6. The van der Waals surface area contributed by atoms with Gasteiger partial charge in [0.1, 0.15) is 5.60 Å². The van der Waals surface area contributed by atoms with E-state index in [2.05, 4.69) is 10.1 Å². The van der Waals surface area contributed by atoms with E-state index in [1.54, 1.807) is 35.2 Å². The van der Waals surface area contributed by atoms with Gasteiger partial charge in [-0.2, -0.15) is 0 Å². The molecular formula is C18H21NO4S2. The van der Waals surface area contributed by atoms with Gasteiger partial charge in [0.25, 0.3) is 0 Å². The van der Waals surface area contributed by atoms with Crippen molar-refractivity contribution in [2.75, 3.05) is 7.11 Å². The summed E-state index contributed by atoms with van der Waals surface area (Å²) in [5, 5.41) is 2.75. The van der Waals surface area contributed by atoms with Gasteiger partial charge in [0, 0.05) is 9.77 Å². The van der Waals surface area contributed by atoms with E-state index in [0.717, 1.165) is 14.0 Å². The standard InChI is InChI=1S/C18H21NO4S2/c1-18(2,3)23-17(21)19-11-14-9-10-15(25-14)24-13-7-5-12(6-8-13)16(20)22-4/h5-10H,11H2,1-4H3,(H,19,21). The smallest absolute Gasteiger partial charge is 0.407 e. The van der Waals surface area contributed by atoms with Gasteiger partial charge in [0.15, 0.2) is 0 Å². The molecule has 1 N–H and O–H groups in total. The van der Waals surface area contributed by atoms with Crippen molar-refractivity contribution in [3.05, 3.63) is 46.8 Å². The van der Waals surface area contributed by atoms with Crippen molar-refractivity contribution >= 4 is 35.2 Å². The van der Waals surface area contributed by atoms with Gasteiger partial charge in [0.2, 0.25) is 0 Å². The summed E-state index contributed by atoms with van der Waals surface area (Å²) in [6.07, 6.45) is -0.423. The highest BCUT2D eigenvalue weighted by molar-refractivity contribution is 8.01. The van der Waals surface area contributed by atoms with Crippen LogP contribution in [0.4, 0.5) is 4.79 Å². The predicted molar refractivity (Wildman–Crippen MR) is 99.3 cm³/mol. The van der Waals surface area contributed by atoms with Gasteiger partial charge in [0.05, 0.1) is 23.4 Å². The van der Waals surface area contributed by atoms with E-state index in [1.165, 1.54) is 7.11 Å². The Bertz CT molecular complexity index is 732. The second-order valence-corrected chi connectivity index (χ2v) is 8.74. The highest BCUT2D eigenvalue weighted by Gasteiger charge is 2.16. The second kappa shape index (κ2) is 8.40. The van der Waals surface area contributed by atoms with E-state index in [4.69, 9.17) is 4.74 Å². The lowest BCUT2D eigenvalue weighted by atomic mass is 10.2. The van der Waals surface area contributed by atoms with Crippen LogP contribution in [-0.2, 0) is 16.0 Å². The fourth-order valence-electron chi connectivity index (χ4n) is 1.87. The van der Waals surface area contributed by atoms with E-state index in [1.807, 2.05) is 45.0 Å². The molecule has 0 saturated carbocycles. The van der Waals surface area contributed by atoms with Gasteiger partial charge in [-0.1, -0.05) is 11.8 Å². The molecule has 1 amide bonds. The molecule has 0 saturated heterocycles. The molecule has 0 radical (unpaired) electrons. The highest BCUT2D eigenvalue weighted by Crippen LogP contribution is 2.33. The number of carbonyl (C=O) groups is 2. The molecule has 1 heterocycles. The third-order valence-electron chi connectivity index (χ3n) is 2.94. The van der Waals surface area contributed by atoms with Gasteiger partial charge < -0.3 is 14.8 Å². The summed E-state index contributed by atoms with van der Waals surface area (Å²) in [4.78, 5) is 25.2. The number of nitrogens with one attached hydrogen (secondary N) is 1. The minimum Gasteiger partial charge on any atom is -0.465 e. The molecule has 2 aromatic rings. The Kier molecular flexibility index (Phi) is 6.50. The molecule has 0 aliphatic rings. The number of alkyl carbamates (subject to hydrolysis) is 1. The first kappa shape index (κ1) is 19.3. The maximum absolute atomic E-state index is 11.7. The summed E-state index contributed by atoms with van der Waals surface area (Å²) in [7, 11) is 1.36. The van der Waals surface area contributed by atoms with Crippen molar-refractivity contribution < 1.29 is 19.1 Å². The fraction of sp³-hybridized carbons (Fsp3) is 0.333. The summed E-state index contributed by atoms with van der Waals surface area (Å²) in [5.74, 6) is -0.344. The number of methoxy groups -OCH3 is 1. The van der Waals surface area contributed by atoms with Crippen molar-refractivity contribution in [2.45, 2.75) is 42.0 Å². The molecule has 0 aliphatic heterocycles. The van der Waals surface area contributed by atoms with Crippen LogP contribution in [0, 0.1) is 0 Å². The quantitative estimate of drug-likeness (QED) is 0.762. The van der Waals surface area contributed by atoms with Crippen LogP contribution < -0.4 is 5.32 Å². The van der Waals surface area contributed by atoms with E-state index < -0.39 is 11.7 Å². The number of benzene rings is 1. The lowest BCUT2D eigenvalue weighted by molar-refractivity contribution is 0.0523.